The van der Waals surface area contributed by atoms with Crippen LogP contribution in [0.3, 0.4) is 0 Å². The van der Waals surface area contributed by atoms with Crippen molar-refractivity contribution in [3.63, 3.8) is 0 Å². The maximum atomic E-state index is 12.2. The van der Waals surface area contributed by atoms with Crippen molar-refractivity contribution in [1.82, 2.24) is 9.88 Å². The van der Waals surface area contributed by atoms with E-state index in [1.54, 1.807) is 38.4 Å². The predicted octanol–water partition coefficient (Wildman–Crippen LogP) is 4.41. The summed E-state index contributed by atoms with van der Waals surface area (Å²) in [7, 11) is 3.37. The Bertz CT molecular complexity index is 736. The zero-order chi connectivity index (χ0) is 17.0. The summed E-state index contributed by atoms with van der Waals surface area (Å²) in [5.41, 5.74) is 0.620. The van der Waals surface area contributed by atoms with E-state index in [9.17, 15) is 9.59 Å². The van der Waals surface area contributed by atoms with Gasteiger partial charge in [0.25, 0.3) is 11.1 Å². The van der Waals surface area contributed by atoms with Crippen molar-refractivity contribution in [1.29, 1.82) is 0 Å². The van der Waals surface area contributed by atoms with Crippen LogP contribution in [0.5, 0.6) is 0 Å². The van der Waals surface area contributed by atoms with Gasteiger partial charge < -0.3 is 10.2 Å². The molecule has 0 radical (unpaired) electrons. The molecule has 23 heavy (non-hydrogen) atoms. The highest BCUT2D eigenvalue weighted by atomic mass is 35.5. The maximum Gasteiger partial charge on any atom is 0.285 e. The van der Waals surface area contributed by atoms with Crippen LogP contribution in [0.2, 0.25) is 10.2 Å². The minimum Gasteiger partial charge on any atom is -0.339 e. The molecule has 8 heteroatoms. The fourth-order valence-electron chi connectivity index (χ4n) is 1.57. The van der Waals surface area contributed by atoms with Gasteiger partial charge >= 0.3 is 0 Å². The van der Waals surface area contributed by atoms with Crippen LogP contribution in [0.15, 0.2) is 41.3 Å². The Labute approximate surface area is 148 Å². The van der Waals surface area contributed by atoms with Gasteiger partial charge in [0.1, 0.15) is 10.8 Å². The first-order valence-corrected chi connectivity index (χ1v) is 8.06. The number of benzene rings is 1. The molecule has 1 aromatic heterocycles. The highest BCUT2D eigenvalue weighted by Crippen LogP contribution is 2.23. The molecule has 120 valence electrons. The number of nitrogens with zero attached hydrogens (tertiary/aromatic N) is 2. The lowest BCUT2D eigenvalue weighted by Crippen LogP contribution is -2.16. The van der Waals surface area contributed by atoms with Crippen molar-refractivity contribution in [2.24, 2.45) is 0 Å². The Kier molecular flexibility index (Phi) is 5.87. The van der Waals surface area contributed by atoms with E-state index in [1.165, 1.54) is 17.0 Å². The van der Waals surface area contributed by atoms with E-state index in [2.05, 4.69) is 10.3 Å². The number of nitrogens with one attached hydrogen (secondary N) is 1. The number of hydrogen-bond donors (Lipinski definition) is 1. The smallest absolute Gasteiger partial charge is 0.285 e. The molecule has 1 heterocycles. The molecule has 2 aromatic rings. The molecular weight excluding hydrogens is 357 g/mol. The summed E-state index contributed by atoms with van der Waals surface area (Å²) < 4.78 is 0. The van der Waals surface area contributed by atoms with E-state index in [-0.39, 0.29) is 21.1 Å². The number of anilines is 1. The fraction of sp³-hybridized carbons (Fsp3) is 0.133. The number of thioether (sulfide) groups is 1. The predicted molar refractivity (Wildman–Crippen MR) is 93.6 cm³/mol. The molecule has 1 N–H and O–H groups in total. The number of hydrogen-bond acceptors (Lipinski definition) is 4. The average molecular weight is 370 g/mol. The van der Waals surface area contributed by atoms with Gasteiger partial charge in [0, 0.05) is 24.7 Å². The van der Waals surface area contributed by atoms with E-state index in [1.807, 2.05) is 0 Å². The van der Waals surface area contributed by atoms with Crippen molar-refractivity contribution < 1.29 is 9.59 Å². The molecule has 0 aliphatic heterocycles. The number of carbonyl (C=O) groups is 2. The minimum atomic E-state index is -0.456. The van der Waals surface area contributed by atoms with Gasteiger partial charge in [-0.2, -0.15) is 0 Å². The normalized spacial score (nSPS) is 10.3. The van der Waals surface area contributed by atoms with Crippen LogP contribution < -0.4 is 5.32 Å². The maximum absolute atomic E-state index is 12.2. The van der Waals surface area contributed by atoms with Gasteiger partial charge in [0.2, 0.25) is 0 Å². The van der Waals surface area contributed by atoms with E-state index < -0.39 is 5.91 Å². The molecule has 5 nitrogen and oxygen atoms in total. The Hall–Kier alpha value is -1.76. The minimum absolute atomic E-state index is 0.0559. The van der Waals surface area contributed by atoms with Crippen LogP contribution in [0.1, 0.15) is 10.5 Å². The third kappa shape index (κ3) is 4.86. The zero-order valence-corrected chi connectivity index (χ0v) is 14.7. The van der Waals surface area contributed by atoms with Crippen molar-refractivity contribution in [3.05, 3.63) is 52.3 Å². The van der Waals surface area contributed by atoms with Gasteiger partial charge in [-0.05, 0) is 48.2 Å². The second-order valence-electron chi connectivity index (χ2n) is 4.71. The van der Waals surface area contributed by atoms with Crippen LogP contribution in [0, 0.1) is 0 Å². The van der Waals surface area contributed by atoms with Crippen molar-refractivity contribution in [2.75, 3.05) is 19.4 Å². The summed E-state index contributed by atoms with van der Waals surface area (Å²) in [6.45, 7) is 0. The van der Waals surface area contributed by atoms with Crippen molar-refractivity contribution in [3.8, 4) is 0 Å². The Balaban J connectivity index is 2.07. The lowest BCUT2D eigenvalue weighted by Gasteiger charge is -2.10. The third-order valence-electron chi connectivity index (χ3n) is 2.71. The van der Waals surface area contributed by atoms with Crippen LogP contribution in [0.25, 0.3) is 0 Å². The Morgan fingerprint density at radius 2 is 1.74 bits per heavy atom. The molecule has 1 aromatic carbocycles. The number of pyridine rings is 1. The monoisotopic (exact) mass is 369 g/mol. The van der Waals surface area contributed by atoms with E-state index in [0.717, 1.165) is 16.7 Å². The molecule has 0 saturated heterocycles. The second kappa shape index (κ2) is 7.68. The van der Waals surface area contributed by atoms with E-state index in [0.29, 0.717) is 5.69 Å². The quantitative estimate of drug-likeness (QED) is 0.642. The number of rotatable bonds is 3. The van der Waals surface area contributed by atoms with Crippen LogP contribution in [-0.4, -0.2) is 35.1 Å². The summed E-state index contributed by atoms with van der Waals surface area (Å²) in [5, 5.41) is 3.01. The molecule has 0 aliphatic carbocycles. The first-order chi connectivity index (χ1) is 10.9. The molecule has 0 atom stereocenters. The lowest BCUT2D eigenvalue weighted by molar-refractivity contribution is 0.102. The zero-order valence-electron chi connectivity index (χ0n) is 12.3. The number of amides is 2. The molecule has 0 unspecified atom stereocenters. The highest BCUT2D eigenvalue weighted by molar-refractivity contribution is 8.13. The largest absolute Gasteiger partial charge is 0.339 e. The number of halogens is 2. The van der Waals surface area contributed by atoms with Crippen LogP contribution in [-0.2, 0) is 0 Å². The number of aromatic nitrogens is 1. The molecule has 0 aliphatic rings. The molecule has 0 bridgehead atoms. The van der Waals surface area contributed by atoms with Crippen LogP contribution in [0.4, 0.5) is 10.5 Å². The summed E-state index contributed by atoms with van der Waals surface area (Å²) in [6.07, 6.45) is 0. The molecule has 0 spiro atoms. The number of carbonyl (C=O) groups excluding carboxylic acids is 2. The van der Waals surface area contributed by atoms with Crippen molar-refractivity contribution >= 4 is 51.8 Å². The second-order valence-corrected chi connectivity index (χ2v) is 6.52. The SMILES string of the molecule is CN(C)C(=O)Sc1ccc(NC(=O)c2nc(Cl)ccc2Cl)cc1. The molecule has 2 amide bonds. The molecule has 0 fully saturated rings. The summed E-state index contributed by atoms with van der Waals surface area (Å²) in [6, 6.07) is 9.90. The molecule has 2 rings (SSSR count). The fourth-order valence-corrected chi connectivity index (χ4v) is 2.56. The van der Waals surface area contributed by atoms with Gasteiger partial charge in [-0.25, -0.2) is 4.98 Å². The van der Waals surface area contributed by atoms with Gasteiger partial charge in [-0.1, -0.05) is 23.2 Å². The standard InChI is InChI=1S/C15H13Cl2N3O2S/c1-20(2)15(22)23-10-5-3-9(4-6-10)18-14(21)13-11(16)7-8-12(17)19-13/h3-8H,1-2H3,(H,18,21). The van der Waals surface area contributed by atoms with E-state index in [4.69, 9.17) is 23.2 Å². The van der Waals surface area contributed by atoms with Gasteiger partial charge in [-0.15, -0.1) is 0 Å². The van der Waals surface area contributed by atoms with Gasteiger partial charge in [-0.3, -0.25) is 9.59 Å². The summed E-state index contributed by atoms with van der Waals surface area (Å²) >= 11 is 12.8. The average Bonchev–Trinajstić information content (AvgIpc) is 2.51. The van der Waals surface area contributed by atoms with Gasteiger partial charge in [0.05, 0.1) is 5.02 Å². The molecular formula is C15H13Cl2N3O2S. The summed E-state index contributed by atoms with van der Waals surface area (Å²) in [4.78, 5) is 30.0. The van der Waals surface area contributed by atoms with E-state index >= 15 is 0 Å². The van der Waals surface area contributed by atoms with Gasteiger partial charge in [0.15, 0.2) is 0 Å². The highest BCUT2D eigenvalue weighted by Gasteiger charge is 2.13. The first-order valence-electron chi connectivity index (χ1n) is 6.49. The van der Waals surface area contributed by atoms with Crippen molar-refractivity contribution in [2.45, 2.75) is 4.90 Å². The Morgan fingerprint density at radius 3 is 2.35 bits per heavy atom. The summed E-state index contributed by atoms with van der Waals surface area (Å²) in [5.74, 6) is -0.456. The Morgan fingerprint density at radius 1 is 1.09 bits per heavy atom. The lowest BCUT2D eigenvalue weighted by atomic mass is 10.3. The first kappa shape index (κ1) is 17.6. The topological polar surface area (TPSA) is 62.3 Å². The molecule has 0 saturated carbocycles. The third-order valence-corrected chi connectivity index (χ3v) is 4.27. The van der Waals surface area contributed by atoms with Crippen LogP contribution >= 0.6 is 35.0 Å².